The molecule has 0 aliphatic rings. The maximum atomic E-state index is 12.3. The summed E-state index contributed by atoms with van der Waals surface area (Å²) < 4.78 is 0. The molecule has 0 saturated carbocycles. The van der Waals surface area contributed by atoms with Crippen LogP contribution >= 0.6 is 0 Å². The number of hydrogen-bond acceptors (Lipinski definition) is 3. The van der Waals surface area contributed by atoms with Crippen LogP contribution < -0.4 is 15.5 Å². The number of amides is 2. The highest BCUT2D eigenvalue weighted by Gasteiger charge is 2.08. The van der Waals surface area contributed by atoms with Gasteiger partial charge in [0.25, 0.3) is 5.91 Å². The van der Waals surface area contributed by atoms with Gasteiger partial charge < -0.3 is 15.5 Å². The van der Waals surface area contributed by atoms with E-state index in [1.165, 1.54) is 5.69 Å². The van der Waals surface area contributed by atoms with Gasteiger partial charge in [-0.2, -0.15) is 0 Å². The Labute approximate surface area is 178 Å². The third kappa shape index (κ3) is 6.08. The smallest absolute Gasteiger partial charge is 0.251 e. The van der Waals surface area contributed by atoms with Gasteiger partial charge in [0.05, 0.1) is 0 Å². The summed E-state index contributed by atoms with van der Waals surface area (Å²) in [5, 5.41) is 7.89. The number of fused-ring (bicyclic) bond motifs is 1. The molecule has 5 heteroatoms. The highest BCUT2D eigenvalue weighted by molar-refractivity contribution is 5.98. The van der Waals surface area contributed by atoms with Crippen LogP contribution in [-0.2, 0) is 4.79 Å². The Bertz CT molecular complexity index is 972. The molecule has 0 fully saturated rings. The number of carbonyl (C=O) groups excluding carboxylic acids is 2. The van der Waals surface area contributed by atoms with Crippen LogP contribution in [0.4, 0.5) is 5.69 Å². The van der Waals surface area contributed by atoms with E-state index in [-0.39, 0.29) is 18.2 Å². The fourth-order valence-electron chi connectivity index (χ4n) is 3.42. The number of rotatable bonds is 10. The average molecular weight is 404 g/mol. The van der Waals surface area contributed by atoms with Crippen molar-refractivity contribution in [1.29, 1.82) is 0 Å². The van der Waals surface area contributed by atoms with Crippen molar-refractivity contribution < 1.29 is 9.59 Å². The van der Waals surface area contributed by atoms with Gasteiger partial charge in [0, 0.05) is 43.9 Å². The molecular formula is C25H29N3O2. The van der Waals surface area contributed by atoms with Crippen molar-refractivity contribution in [3.63, 3.8) is 0 Å². The van der Waals surface area contributed by atoms with E-state index in [1.807, 2.05) is 60.7 Å². The van der Waals surface area contributed by atoms with Crippen molar-refractivity contribution in [1.82, 2.24) is 10.6 Å². The molecule has 0 bridgehead atoms. The van der Waals surface area contributed by atoms with Crippen LogP contribution in [-0.4, -0.2) is 38.0 Å². The van der Waals surface area contributed by atoms with E-state index in [0.717, 1.165) is 30.3 Å². The number of hydrogen-bond donors (Lipinski definition) is 2. The van der Waals surface area contributed by atoms with Crippen LogP contribution in [0.15, 0.2) is 72.8 Å². The molecule has 2 N–H and O–H groups in total. The molecule has 3 aromatic rings. The van der Waals surface area contributed by atoms with Crippen LogP contribution in [0.25, 0.3) is 10.8 Å². The first-order valence-electron chi connectivity index (χ1n) is 10.5. The topological polar surface area (TPSA) is 61.4 Å². The Morgan fingerprint density at radius 1 is 0.833 bits per heavy atom. The monoisotopic (exact) mass is 403 g/mol. The molecule has 3 rings (SSSR count). The van der Waals surface area contributed by atoms with E-state index >= 15 is 0 Å². The Balaban J connectivity index is 1.34. The van der Waals surface area contributed by atoms with Gasteiger partial charge in [-0.25, -0.2) is 0 Å². The fourth-order valence-corrected chi connectivity index (χ4v) is 3.42. The van der Waals surface area contributed by atoms with Gasteiger partial charge in [-0.15, -0.1) is 0 Å². The summed E-state index contributed by atoms with van der Waals surface area (Å²) in [5.74, 6) is -0.202. The molecular weight excluding hydrogens is 374 g/mol. The average Bonchev–Trinajstić information content (AvgIpc) is 2.79. The Kier molecular flexibility index (Phi) is 7.84. The number of nitrogens with zero attached hydrogens (tertiary/aromatic N) is 1. The number of anilines is 1. The van der Waals surface area contributed by atoms with E-state index < -0.39 is 0 Å². The third-order valence-corrected chi connectivity index (χ3v) is 5.08. The van der Waals surface area contributed by atoms with Gasteiger partial charge >= 0.3 is 0 Å². The van der Waals surface area contributed by atoms with Gasteiger partial charge in [0.15, 0.2) is 0 Å². The van der Waals surface area contributed by atoms with Crippen molar-refractivity contribution in [2.75, 3.05) is 31.1 Å². The van der Waals surface area contributed by atoms with E-state index in [0.29, 0.717) is 18.7 Å². The number of nitrogens with one attached hydrogen (secondary N) is 2. The molecule has 2 amide bonds. The van der Waals surface area contributed by atoms with E-state index in [2.05, 4.69) is 34.6 Å². The second-order valence-electron chi connectivity index (χ2n) is 7.19. The maximum Gasteiger partial charge on any atom is 0.251 e. The molecule has 0 saturated heterocycles. The number of para-hydroxylation sites is 1. The first-order valence-corrected chi connectivity index (χ1v) is 10.5. The predicted octanol–water partition coefficient (Wildman–Crippen LogP) is 3.99. The summed E-state index contributed by atoms with van der Waals surface area (Å²) in [7, 11) is 0. The highest BCUT2D eigenvalue weighted by atomic mass is 16.2. The molecule has 3 aromatic carbocycles. The Hall–Kier alpha value is -3.34. The van der Waals surface area contributed by atoms with Crippen LogP contribution in [0.1, 0.15) is 30.1 Å². The molecule has 0 radical (unpaired) electrons. The highest BCUT2D eigenvalue weighted by Crippen LogP contribution is 2.15. The van der Waals surface area contributed by atoms with Crippen molar-refractivity contribution in [3.8, 4) is 0 Å². The van der Waals surface area contributed by atoms with Gasteiger partial charge in [-0.1, -0.05) is 48.5 Å². The van der Waals surface area contributed by atoms with Gasteiger partial charge in [-0.05, 0) is 48.4 Å². The van der Waals surface area contributed by atoms with Crippen molar-refractivity contribution in [3.05, 3.63) is 78.4 Å². The lowest BCUT2D eigenvalue weighted by Crippen LogP contribution is -2.32. The predicted molar refractivity (Wildman–Crippen MR) is 123 cm³/mol. The third-order valence-electron chi connectivity index (χ3n) is 5.08. The summed E-state index contributed by atoms with van der Waals surface area (Å²) in [5.41, 5.74) is 1.80. The summed E-state index contributed by atoms with van der Waals surface area (Å²) in [6.07, 6.45) is 1.15. The lowest BCUT2D eigenvalue weighted by molar-refractivity contribution is -0.120. The second kappa shape index (κ2) is 11.0. The summed E-state index contributed by atoms with van der Waals surface area (Å²) in [6.45, 7) is 4.89. The van der Waals surface area contributed by atoms with Crippen molar-refractivity contribution in [2.24, 2.45) is 0 Å². The summed E-state index contributed by atoms with van der Waals surface area (Å²) >= 11 is 0. The van der Waals surface area contributed by atoms with E-state index in [4.69, 9.17) is 0 Å². The van der Waals surface area contributed by atoms with Gasteiger partial charge in [0.2, 0.25) is 5.91 Å². The van der Waals surface area contributed by atoms with Crippen LogP contribution in [0.3, 0.4) is 0 Å². The van der Waals surface area contributed by atoms with Crippen LogP contribution in [0, 0.1) is 0 Å². The zero-order valence-corrected chi connectivity index (χ0v) is 17.4. The van der Waals surface area contributed by atoms with Gasteiger partial charge in [-0.3, -0.25) is 9.59 Å². The first kappa shape index (κ1) is 21.4. The quantitative estimate of drug-likeness (QED) is 0.503. The molecule has 156 valence electrons. The molecule has 0 aromatic heterocycles. The second-order valence-corrected chi connectivity index (χ2v) is 7.19. The normalized spacial score (nSPS) is 10.6. The summed E-state index contributed by atoms with van der Waals surface area (Å²) in [6, 6.07) is 23.8. The SMILES string of the molecule is CCN(CCCNC(=O)CCNC(=O)c1ccc2ccccc2c1)c1ccccc1. The molecule has 30 heavy (non-hydrogen) atoms. The molecule has 0 unspecified atom stereocenters. The molecule has 0 aliphatic carbocycles. The minimum atomic E-state index is -0.157. The van der Waals surface area contributed by atoms with Crippen molar-refractivity contribution in [2.45, 2.75) is 19.8 Å². The Morgan fingerprint density at radius 2 is 1.57 bits per heavy atom. The first-order chi connectivity index (χ1) is 14.7. The lowest BCUT2D eigenvalue weighted by atomic mass is 10.1. The Morgan fingerprint density at radius 3 is 2.33 bits per heavy atom. The fraction of sp³-hybridized carbons (Fsp3) is 0.280. The molecule has 0 aliphatic heterocycles. The molecule has 0 heterocycles. The van der Waals surface area contributed by atoms with Crippen LogP contribution in [0.5, 0.6) is 0 Å². The van der Waals surface area contributed by atoms with Crippen LogP contribution in [0.2, 0.25) is 0 Å². The standard InChI is InChI=1S/C25H29N3O2/c1-2-28(23-11-4-3-5-12-23)18-8-16-26-24(29)15-17-27-25(30)22-14-13-20-9-6-7-10-21(20)19-22/h3-7,9-14,19H,2,8,15-18H2,1H3,(H,26,29)(H,27,30). The number of benzene rings is 3. The number of carbonyl (C=O) groups is 2. The lowest BCUT2D eigenvalue weighted by Gasteiger charge is -2.23. The molecule has 5 nitrogen and oxygen atoms in total. The van der Waals surface area contributed by atoms with E-state index in [1.54, 1.807) is 0 Å². The molecule has 0 spiro atoms. The molecule has 0 atom stereocenters. The summed E-state index contributed by atoms with van der Waals surface area (Å²) in [4.78, 5) is 26.7. The van der Waals surface area contributed by atoms with Crippen molar-refractivity contribution >= 4 is 28.3 Å². The van der Waals surface area contributed by atoms with Gasteiger partial charge in [0.1, 0.15) is 0 Å². The minimum absolute atomic E-state index is 0.0448. The zero-order chi connectivity index (χ0) is 21.2. The zero-order valence-electron chi connectivity index (χ0n) is 17.4. The largest absolute Gasteiger partial charge is 0.372 e. The maximum absolute atomic E-state index is 12.3. The minimum Gasteiger partial charge on any atom is -0.372 e. The van der Waals surface area contributed by atoms with E-state index in [9.17, 15) is 9.59 Å².